The van der Waals surface area contributed by atoms with Gasteiger partial charge >= 0.3 is 0 Å². The molecule has 0 unspecified atom stereocenters. The number of nitrogens with one attached hydrogen (secondary N) is 2. The summed E-state index contributed by atoms with van der Waals surface area (Å²) in [5, 5.41) is 9.55. The van der Waals surface area contributed by atoms with Gasteiger partial charge in [-0.1, -0.05) is 36.4 Å². The molecule has 1 atom stereocenters. The molecule has 26 heavy (non-hydrogen) atoms. The molecular formula is C18H14FN5O2. The summed E-state index contributed by atoms with van der Waals surface area (Å²) in [4.78, 5) is 28.7. The largest absolute Gasteiger partial charge is 0.326 e. The highest BCUT2D eigenvalue weighted by Crippen LogP contribution is 2.28. The Kier molecular flexibility index (Phi) is 3.92. The first-order valence-corrected chi connectivity index (χ1v) is 7.98. The molecule has 1 aliphatic rings. The lowest BCUT2D eigenvalue weighted by molar-refractivity contribution is -0.123. The molecule has 0 saturated heterocycles. The molecule has 2 heterocycles. The molecule has 0 radical (unpaired) electrons. The second kappa shape index (κ2) is 6.40. The average Bonchev–Trinajstić information content (AvgIpc) is 3.15. The number of anilines is 2. The van der Waals surface area contributed by atoms with Crippen molar-refractivity contribution in [3.05, 3.63) is 60.4 Å². The van der Waals surface area contributed by atoms with E-state index in [1.807, 2.05) is 30.3 Å². The van der Waals surface area contributed by atoms with Gasteiger partial charge in [-0.3, -0.25) is 14.9 Å². The molecule has 2 N–H and O–H groups in total. The molecule has 3 aromatic rings. The van der Waals surface area contributed by atoms with Crippen LogP contribution in [0.4, 0.5) is 16.0 Å². The van der Waals surface area contributed by atoms with Gasteiger partial charge in [0.25, 0.3) is 5.91 Å². The quantitative estimate of drug-likeness (QED) is 0.756. The third kappa shape index (κ3) is 3.04. The van der Waals surface area contributed by atoms with Gasteiger partial charge in [0.2, 0.25) is 11.9 Å². The number of carbonyl (C=O) groups is 2. The van der Waals surface area contributed by atoms with Crippen LogP contribution in [0.3, 0.4) is 0 Å². The number of amides is 2. The van der Waals surface area contributed by atoms with E-state index < -0.39 is 17.8 Å². The van der Waals surface area contributed by atoms with Gasteiger partial charge in [0.05, 0.1) is 6.42 Å². The number of halogens is 1. The molecule has 1 aromatic heterocycles. The summed E-state index contributed by atoms with van der Waals surface area (Å²) in [7, 11) is 0. The van der Waals surface area contributed by atoms with Crippen molar-refractivity contribution in [2.75, 3.05) is 10.6 Å². The minimum absolute atomic E-state index is 0.132. The van der Waals surface area contributed by atoms with Crippen LogP contribution in [0.25, 0.3) is 11.4 Å². The first-order valence-electron chi connectivity index (χ1n) is 7.98. The third-order valence-electron chi connectivity index (χ3n) is 3.98. The summed E-state index contributed by atoms with van der Waals surface area (Å²) < 4.78 is 14.6. The molecule has 0 saturated carbocycles. The number of hydrogen-bond donors (Lipinski definition) is 2. The topological polar surface area (TPSA) is 88.9 Å². The summed E-state index contributed by atoms with van der Waals surface area (Å²) >= 11 is 0. The smallest absolute Gasteiger partial charge is 0.252 e. The van der Waals surface area contributed by atoms with E-state index in [9.17, 15) is 14.0 Å². The lowest BCUT2D eigenvalue weighted by Gasteiger charge is -2.10. The summed E-state index contributed by atoms with van der Waals surface area (Å²) in [6.07, 6.45) is -0.132. The summed E-state index contributed by atoms with van der Waals surface area (Å²) in [5.74, 6) is -0.449. The van der Waals surface area contributed by atoms with Crippen LogP contribution in [0.15, 0.2) is 54.6 Å². The van der Waals surface area contributed by atoms with Crippen molar-refractivity contribution in [3.63, 3.8) is 0 Å². The molecule has 0 aliphatic carbocycles. The molecule has 4 rings (SSSR count). The van der Waals surface area contributed by atoms with Gasteiger partial charge in [-0.15, -0.1) is 5.10 Å². The molecule has 7 nitrogen and oxygen atoms in total. The van der Waals surface area contributed by atoms with Crippen LogP contribution in [0.5, 0.6) is 0 Å². The van der Waals surface area contributed by atoms with Crippen LogP contribution >= 0.6 is 0 Å². The molecular weight excluding hydrogens is 337 g/mol. The maximum Gasteiger partial charge on any atom is 0.252 e. The van der Waals surface area contributed by atoms with Gasteiger partial charge in [-0.25, -0.2) is 9.07 Å². The Balaban J connectivity index is 1.52. The van der Waals surface area contributed by atoms with E-state index in [-0.39, 0.29) is 12.3 Å². The maximum atomic E-state index is 13.2. The van der Waals surface area contributed by atoms with E-state index in [2.05, 4.69) is 20.7 Å². The number of nitrogens with zero attached hydrogens (tertiary/aromatic N) is 3. The fourth-order valence-corrected chi connectivity index (χ4v) is 2.77. The normalized spacial score (nSPS) is 15.4. The minimum atomic E-state index is -0.802. The Labute approximate surface area is 147 Å². The Hall–Kier alpha value is -3.55. The highest BCUT2D eigenvalue weighted by atomic mass is 19.1. The van der Waals surface area contributed by atoms with Gasteiger partial charge in [-0.2, -0.15) is 4.98 Å². The SMILES string of the molecule is O=C(C[C@@H]1C(=O)Nc2nc(-c3ccccc3)nn21)Nc1cccc(F)c1. The number of fused-ring (bicyclic) bond motifs is 1. The van der Waals surface area contributed by atoms with Crippen LogP contribution in [0.1, 0.15) is 12.5 Å². The molecule has 0 fully saturated rings. The Morgan fingerprint density at radius 2 is 2.00 bits per heavy atom. The standard InChI is InChI=1S/C18H14FN5O2/c19-12-7-4-8-13(9-12)20-15(25)10-14-17(26)22-18-21-16(23-24(14)18)11-5-2-1-3-6-11/h1-9,14H,10H2,(H,20,25)(H,21,22,23,26)/t14-/m1/s1. The monoisotopic (exact) mass is 351 g/mol. The highest BCUT2D eigenvalue weighted by molar-refractivity contribution is 6.01. The molecule has 8 heteroatoms. The minimum Gasteiger partial charge on any atom is -0.326 e. The summed E-state index contributed by atoms with van der Waals surface area (Å²) in [6, 6.07) is 14.1. The van der Waals surface area contributed by atoms with Crippen molar-refractivity contribution < 1.29 is 14.0 Å². The number of hydrogen-bond acceptors (Lipinski definition) is 4. The number of aromatic nitrogens is 3. The zero-order valence-corrected chi connectivity index (χ0v) is 13.5. The first kappa shape index (κ1) is 15.9. The van der Waals surface area contributed by atoms with E-state index in [4.69, 9.17) is 0 Å². The second-order valence-corrected chi connectivity index (χ2v) is 5.84. The van der Waals surface area contributed by atoms with Gasteiger partial charge in [0.1, 0.15) is 11.9 Å². The average molecular weight is 351 g/mol. The molecule has 1 aliphatic heterocycles. The first-order chi connectivity index (χ1) is 12.6. The van der Waals surface area contributed by atoms with E-state index >= 15 is 0 Å². The van der Waals surface area contributed by atoms with E-state index in [0.717, 1.165) is 5.56 Å². The molecule has 130 valence electrons. The van der Waals surface area contributed by atoms with Crippen LogP contribution in [-0.4, -0.2) is 26.6 Å². The predicted molar refractivity (Wildman–Crippen MR) is 92.8 cm³/mol. The lowest BCUT2D eigenvalue weighted by Crippen LogP contribution is -2.23. The van der Waals surface area contributed by atoms with Crippen LogP contribution < -0.4 is 10.6 Å². The second-order valence-electron chi connectivity index (χ2n) is 5.84. The van der Waals surface area contributed by atoms with E-state index in [0.29, 0.717) is 17.5 Å². The molecule has 0 spiro atoms. The Morgan fingerprint density at radius 1 is 1.19 bits per heavy atom. The number of carbonyl (C=O) groups excluding carboxylic acids is 2. The zero-order chi connectivity index (χ0) is 18.1. The van der Waals surface area contributed by atoms with Gasteiger partial charge in [-0.05, 0) is 18.2 Å². The third-order valence-corrected chi connectivity index (χ3v) is 3.98. The molecule has 2 aromatic carbocycles. The van der Waals surface area contributed by atoms with Gasteiger partial charge in [0.15, 0.2) is 5.82 Å². The van der Waals surface area contributed by atoms with Crippen molar-refractivity contribution in [2.24, 2.45) is 0 Å². The molecule has 2 amide bonds. The molecule has 0 bridgehead atoms. The fourth-order valence-electron chi connectivity index (χ4n) is 2.77. The van der Waals surface area contributed by atoms with Crippen LogP contribution in [0, 0.1) is 5.82 Å². The van der Waals surface area contributed by atoms with E-state index in [1.165, 1.54) is 22.9 Å². The maximum absolute atomic E-state index is 13.2. The summed E-state index contributed by atoms with van der Waals surface area (Å²) in [6.45, 7) is 0. The highest BCUT2D eigenvalue weighted by Gasteiger charge is 2.35. The van der Waals surface area contributed by atoms with Crippen LogP contribution in [-0.2, 0) is 9.59 Å². The Morgan fingerprint density at radius 3 is 2.77 bits per heavy atom. The van der Waals surface area contributed by atoms with Gasteiger partial charge < -0.3 is 5.32 Å². The number of rotatable bonds is 4. The van der Waals surface area contributed by atoms with Crippen molar-refractivity contribution >= 4 is 23.5 Å². The van der Waals surface area contributed by atoms with Crippen molar-refractivity contribution in [2.45, 2.75) is 12.5 Å². The lowest BCUT2D eigenvalue weighted by atomic mass is 10.2. The van der Waals surface area contributed by atoms with Crippen molar-refractivity contribution in [3.8, 4) is 11.4 Å². The van der Waals surface area contributed by atoms with Crippen LogP contribution in [0.2, 0.25) is 0 Å². The van der Waals surface area contributed by atoms with Crippen molar-refractivity contribution in [1.82, 2.24) is 14.8 Å². The predicted octanol–water partition coefficient (Wildman–Crippen LogP) is 2.61. The number of benzene rings is 2. The van der Waals surface area contributed by atoms with Gasteiger partial charge in [0, 0.05) is 11.3 Å². The Bertz CT molecular complexity index is 986. The zero-order valence-electron chi connectivity index (χ0n) is 13.5. The summed E-state index contributed by atoms with van der Waals surface area (Å²) in [5.41, 5.74) is 1.14. The fraction of sp³-hybridized carbons (Fsp3) is 0.111. The van der Waals surface area contributed by atoms with E-state index in [1.54, 1.807) is 6.07 Å². The van der Waals surface area contributed by atoms with Crippen molar-refractivity contribution in [1.29, 1.82) is 0 Å².